The lowest BCUT2D eigenvalue weighted by molar-refractivity contribution is -0.114. The molecular formula is C21H18N4O6S3. The standard InChI is InChI=1S/C21H18N4O6S3/c1-3-33(27,28)21-24-25-18(22)17(19(26)23-20(25)32-21)12-14-6-8-15(9-7-14)31-34(29,30)16-10-4-13(2)5-11-16/h4-12,22H,3H2,1-2H3/b17-12+,22-18?. The minimum Gasteiger partial charge on any atom is -0.379 e. The summed E-state index contributed by atoms with van der Waals surface area (Å²) in [5.74, 6) is -1.12. The fraction of sp³-hybridized carbons (Fsp3) is 0.143. The van der Waals surface area contributed by atoms with Crippen LogP contribution >= 0.6 is 11.8 Å². The second-order valence-corrected chi connectivity index (χ2v) is 12.2. The number of amides is 1. The van der Waals surface area contributed by atoms with Crippen LogP contribution in [-0.4, -0.2) is 48.9 Å². The molecule has 4 rings (SSSR count). The summed E-state index contributed by atoms with van der Waals surface area (Å²) >= 11 is 0.724. The smallest absolute Gasteiger partial charge is 0.339 e. The minimum atomic E-state index is -4.01. The molecule has 1 amide bonds. The number of carbonyl (C=O) groups is 1. The van der Waals surface area contributed by atoms with Gasteiger partial charge < -0.3 is 4.18 Å². The van der Waals surface area contributed by atoms with Gasteiger partial charge in [-0.15, -0.1) is 5.10 Å². The Hall–Kier alpha value is -3.29. The van der Waals surface area contributed by atoms with E-state index in [2.05, 4.69) is 10.1 Å². The molecule has 2 aromatic rings. The third kappa shape index (κ3) is 4.67. The van der Waals surface area contributed by atoms with Gasteiger partial charge in [0.05, 0.1) is 11.3 Å². The molecule has 0 unspecified atom stereocenters. The fourth-order valence-corrected chi connectivity index (χ4v) is 5.98. The van der Waals surface area contributed by atoms with Gasteiger partial charge in [0.2, 0.25) is 19.4 Å². The van der Waals surface area contributed by atoms with Crippen molar-refractivity contribution in [3.63, 3.8) is 0 Å². The molecule has 0 bridgehead atoms. The number of hydrazone groups is 1. The van der Waals surface area contributed by atoms with Crippen molar-refractivity contribution >= 4 is 59.1 Å². The first-order valence-corrected chi connectivity index (χ1v) is 13.7. The van der Waals surface area contributed by atoms with Crippen molar-refractivity contribution in [1.82, 2.24) is 5.01 Å². The summed E-state index contributed by atoms with van der Waals surface area (Å²) in [6, 6.07) is 12.1. The summed E-state index contributed by atoms with van der Waals surface area (Å²) in [4.78, 5) is 16.3. The monoisotopic (exact) mass is 518 g/mol. The van der Waals surface area contributed by atoms with Crippen LogP contribution in [0.2, 0.25) is 0 Å². The average Bonchev–Trinajstić information content (AvgIpc) is 3.23. The summed E-state index contributed by atoms with van der Waals surface area (Å²) in [6.07, 6.45) is 1.38. The zero-order valence-electron chi connectivity index (χ0n) is 17.9. The molecule has 0 fully saturated rings. The first-order valence-electron chi connectivity index (χ1n) is 9.84. The number of sulfone groups is 1. The number of fused-ring (bicyclic) bond motifs is 1. The molecule has 0 atom stereocenters. The molecule has 0 radical (unpaired) electrons. The SMILES string of the molecule is CCS(=O)(=O)C1=NN2C(=N)/C(=C\c3ccc(OS(=O)(=O)c4ccc(C)cc4)cc3)C(=O)N=C2S1. The van der Waals surface area contributed by atoms with Crippen LogP contribution in [0.15, 0.2) is 69.1 Å². The van der Waals surface area contributed by atoms with Gasteiger partial charge >= 0.3 is 10.1 Å². The van der Waals surface area contributed by atoms with Gasteiger partial charge in [0, 0.05) is 0 Å². The van der Waals surface area contributed by atoms with Gasteiger partial charge in [0.1, 0.15) is 10.6 Å². The van der Waals surface area contributed by atoms with Crippen molar-refractivity contribution in [2.75, 3.05) is 5.75 Å². The van der Waals surface area contributed by atoms with Gasteiger partial charge in [-0.25, -0.2) is 8.42 Å². The Morgan fingerprint density at radius 3 is 2.32 bits per heavy atom. The third-order valence-corrected chi connectivity index (χ3v) is 9.14. The Balaban J connectivity index is 1.55. The first kappa shape index (κ1) is 23.9. The van der Waals surface area contributed by atoms with Gasteiger partial charge in [0.15, 0.2) is 5.84 Å². The summed E-state index contributed by atoms with van der Waals surface area (Å²) in [7, 11) is -7.63. The molecule has 2 heterocycles. The zero-order chi connectivity index (χ0) is 24.7. The van der Waals surface area contributed by atoms with E-state index in [0.29, 0.717) is 5.56 Å². The highest BCUT2D eigenvalue weighted by atomic mass is 32.3. The van der Waals surface area contributed by atoms with Crippen molar-refractivity contribution < 1.29 is 25.8 Å². The Labute approximate surface area is 200 Å². The van der Waals surface area contributed by atoms with Crippen molar-refractivity contribution in [2.24, 2.45) is 10.1 Å². The number of hydrogen-bond donors (Lipinski definition) is 1. The first-order chi connectivity index (χ1) is 16.0. The van der Waals surface area contributed by atoms with Crippen LogP contribution in [0.4, 0.5) is 0 Å². The lowest BCUT2D eigenvalue weighted by atomic mass is 10.1. The molecule has 2 aliphatic heterocycles. The number of benzene rings is 2. The van der Waals surface area contributed by atoms with Crippen molar-refractivity contribution in [3.05, 3.63) is 65.2 Å². The summed E-state index contributed by atoms with van der Waals surface area (Å²) in [5.41, 5.74) is 1.30. The van der Waals surface area contributed by atoms with E-state index in [0.717, 1.165) is 22.3 Å². The molecule has 0 aromatic heterocycles. The lowest BCUT2D eigenvalue weighted by Crippen LogP contribution is -2.35. The second-order valence-electron chi connectivity index (χ2n) is 7.21. The molecular weight excluding hydrogens is 500 g/mol. The van der Waals surface area contributed by atoms with E-state index in [4.69, 9.17) is 9.59 Å². The number of aryl methyl sites for hydroxylation is 1. The Bertz CT molecular complexity index is 1490. The van der Waals surface area contributed by atoms with E-state index in [1.54, 1.807) is 12.1 Å². The largest absolute Gasteiger partial charge is 0.379 e. The molecule has 176 valence electrons. The highest BCUT2D eigenvalue weighted by Crippen LogP contribution is 2.30. The fourth-order valence-electron chi connectivity index (χ4n) is 2.89. The van der Waals surface area contributed by atoms with Crippen LogP contribution in [0.25, 0.3) is 6.08 Å². The van der Waals surface area contributed by atoms with Crippen molar-refractivity contribution in [1.29, 1.82) is 5.41 Å². The molecule has 0 spiro atoms. The highest BCUT2D eigenvalue weighted by Gasteiger charge is 2.39. The van der Waals surface area contributed by atoms with E-state index in [1.165, 1.54) is 49.4 Å². The summed E-state index contributed by atoms with van der Waals surface area (Å²) in [6.45, 7) is 3.31. The highest BCUT2D eigenvalue weighted by molar-refractivity contribution is 8.42. The van der Waals surface area contributed by atoms with Gasteiger partial charge in [-0.1, -0.05) is 36.8 Å². The molecule has 2 aromatic carbocycles. The Morgan fingerprint density at radius 2 is 1.71 bits per heavy atom. The van der Waals surface area contributed by atoms with Crippen LogP contribution in [0.3, 0.4) is 0 Å². The molecule has 0 aliphatic carbocycles. The zero-order valence-corrected chi connectivity index (χ0v) is 20.4. The minimum absolute atomic E-state index is 0.00392. The Kier molecular flexibility index (Phi) is 6.18. The predicted octanol–water partition coefficient (Wildman–Crippen LogP) is 2.77. The molecule has 34 heavy (non-hydrogen) atoms. The van der Waals surface area contributed by atoms with Gasteiger partial charge in [0.25, 0.3) is 5.91 Å². The van der Waals surface area contributed by atoms with Crippen LogP contribution in [-0.2, 0) is 24.7 Å². The van der Waals surface area contributed by atoms with E-state index >= 15 is 0 Å². The van der Waals surface area contributed by atoms with Gasteiger partial charge in [-0.05, 0) is 54.6 Å². The normalized spacial score (nSPS) is 17.5. The number of nitrogens with one attached hydrogen (secondary N) is 1. The van der Waals surface area contributed by atoms with E-state index < -0.39 is 25.9 Å². The molecule has 2 aliphatic rings. The van der Waals surface area contributed by atoms with Crippen LogP contribution < -0.4 is 4.18 Å². The van der Waals surface area contributed by atoms with Gasteiger partial charge in [-0.3, -0.25) is 10.2 Å². The quantitative estimate of drug-likeness (QED) is 0.470. The Morgan fingerprint density at radius 1 is 1.06 bits per heavy atom. The third-order valence-electron chi connectivity index (χ3n) is 4.79. The molecule has 0 saturated carbocycles. The van der Waals surface area contributed by atoms with Crippen molar-refractivity contribution in [3.8, 4) is 5.75 Å². The predicted molar refractivity (Wildman–Crippen MR) is 130 cm³/mol. The van der Waals surface area contributed by atoms with E-state index in [1.807, 2.05) is 6.92 Å². The number of amidine groups is 2. The molecule has 13 heteroatoms. The molecule has 10 nitrogen and oxygen atoms in total. The maximum atomic E-state index is 12.5. The van der Waals surface area contributed by atoms with Crippen LogP contribution in [0, 0.1) is 12.3 Å². The molecule has 0 saturated heterocycles. The second kappa shape index (κ2) is 8.81. The number of nitrogens with zero attached hydrogens (tertiary/aromatic N) is 3. The van der Waals surface area contributed by atoms with Crippen molar-refractivity contribution in [2.45, 2.75) is 18.7 Å². The topological polar surface area (TPSA) is 146 Å². The van der Waals surface area contributed by atoms with E-state index in [9.17, 15) is 21.6 Å². The number of rotatable bonds is 5. The average molecular weight is 519 g/mol. The van der Waals surface area contributed by atoms with Crippen LogP contribution in [0.1, 0.15) is 18.1 Å². The van der Waals surface area contributed by atoms with Crippen LogP contribution in [0.5, 0.6) is 5.75 Å². The number of thioether (sulfide) groups is 1. The number of carbonyl (C=O) groups excluding carboxylic acids is 1. The summed E-state index contributed by atoms with van der Waals surface area (Å²) in [5, 5.41) is 13.3. The lowest BCUT2D eigenvalue weighted by Gasteiger charge is -2.20. The number of aliphatic imine (C=N–C) groups is 1. The van der Waals surface area contributed by atoms with Gasteiger partial charge in [-0.2, -0.15) is 18.4 Å². The molecule has 1 N–H and O–H groups in total. The van der Waals surface area contributed by atoms with E-state index in [-0.39, 0.29) is 37.3 Å². The number of hydrogen-bond acceptors (Lipinski definition) is 9. The maximum absolute atomic E-state index is 12.5. The summed E-state index contributed by atoms with van der Waals surface area (Å²) < 4.78 is 54.0. The maximum Gasteiger partial charge on any atom is 0.339 e.